The van der Waals surface area contributed by atoms with Crippen LogP contribution in [0.15, 0.2) is 34.9 Å². The van der Waals surface area contributed by atoms with Gasteiger partial charge in [0, 0.05) is 6.42 Å². The third-order valence-electron chi connectivity index (χ3n) is 3.15. The van der Waals surface area contributed by atoms with Crippen LogP contribution in [-0.2, 0) is 6.42 Å². The number of nitriles is 1. The van der Waals surface area contributed by atoms with Crippen LogP contribution in [0.25, 0.3) is 11.6 Å². The SMILES string of the molecule is Cc1cc(C)cc(Cc2noc(-c3ccc(C#N)[nH]3)n2)c1. The van der Waals surface area contributed by atoms with Gasteiger partial charge in [-0.25, -0.2) is 0 Å². The van der Waals surface area contributed by atoms with Crippen LogP contribution < -0.4 is 0 Å². The Labute approximate surface area is 122 Å². The van der Waals surface area contributed by atoms with E-state index in [0.717, 1.165) is 5.56 Å². The summed E-state index contributed by atoms with van der Waals surface area (Å²) >= 11 is 0. The number of H-pyrrole nitrogens is 1. The van der Waals surface area contributed by atoms with Crippen molar-refractivity contribution >= 4 is 0 Å². The van der Waals surface area contributed by atoms with E-state index in [0.29, 0.717) is 29.5 Å². The molecule has 0 aliphatic heterocycles. The first-order chi connectivity index (χ1) is 10.1. The highest BCUT2D eigenvalue weighted by molar-refractivity contribution is 5.49. The molecule has 1 N–H and O–H groups in total. The number of hydrogen-bond acceptors (Lipinski definition) is 4. The quantitative estimate of drug-likeness (QED) is 0.798. The van der Waals surface area contributed by atoms with Gasteiger partial charge in [0.1, 0.15) is 17.5 Å². The van der Waals surface area contributed by atoms with Gasteiger partial charge < -0.3 is 9.51 Å². The number of aryl methyl sites for hydroxylation is 2. The van der Waals surface area contributed by atoms with Gasteiger partial charge >= 0.3 is 0 Å². The van der Waals surface area contributed by atoms with Crippen LogP contribution in [0.5, 0.6) is 0 Å². The molecule has 0 saturated carbocycles. The van der Waals surface area contributed by atoms with E-state index in [1.54, 1.807) is 12.1 Å². The van der Waals surface area contributed by atoms with E-state index in [-0.39, 0.29) is 0 Å². The monoisotopic (exact) mass is 278 g/mol. The van der Waals surface area contributed by atoms with E-state index >= 15 is 0 Å². The van der Waals surface area contributed by atoms with Crippen LogP contribution in [0.4, 0.5) is 0 Å². The molecule has 5 heteroatoms. The Balaban J connectivity index is 1.83. The number of hydrogen-bond donors (Lipinski definition) is 1. The zero-order chi connectivity index (χ0) is 14.8. The number of nitrogens with zero attached hydrogens (tertiary/aromatic N) is 3. The highest BCUT2D eigenvalue weighted by Gasteiger charge is 2.11. The Morgan fingerprint density at radius 3 is 2.62 bits per heavy atom. The number of nitrogens with one attached hydrogen (secondary N) is 1. The molecule has 104 valence electrons. The fourth-order valence-corrected chi connectivity index (χ4v) is 2.37. The van der Waals surface area contributed by atoms with Crippen molar-refractivity contribution in [3.8, 4) is 17.7 Å². The first kappa shape index (κ1) is 13.1. The smallest absolute Gasteiger partial charge is 0.274 e. The standard InChI is InChI=1S/C16H14N4O/c1-10-5-11(2)7-12(6-10)8-15-19-16(21-20-15)14-4-3-13(9-17)18-14/h3-7,18H,8H2,1-2H3. The molecule has 0 spiro atoms. The van der Waals surface area contributed by atoms with Gasteiger partial charge in [-0.1, -0.05) is 34.5 Å². The molecule has 0 amide bonds. The van der Waals surface area contributed by atoms with Crippen molar-refractivity contribution in [2.45, 2.75) is 20.3 Å². The second-order valence-electron chi connectivity index (χ2n) is 5.09. The van der Waals surface area contributed by atoms with Crippen molar-refractivity contribution in [2.24, 2.45) is 0 Å². The van der Waals surface area contributed by atoms with Gasteiger partial charge in [-0.15, -0.1) is 0 Å². The molecule has 0 atom stereocenters. The first-order valence-electron chi connectivity index (χ1n) is 6.63. The van der Waals surface area contributed by atoms with Crippen molar-refractivity contribution in [3.63, 3.8) is 0 Å². The molecule has 0 fully saturated rings. The van der Waals surface area contributed by atoms with E-state index in [2.05, 4.69) is 47.2 Å². The van der Waals surface area contributed by atoms with Crippen molar-refractivity contribution in [1.29, 1.82) is 5.26 Å². The maximum Gasteiger partial charge on any atom is 0.274 e. The van der Waals surface area contributed by atoms with Gasteiger partial charge in [0.25, 0.3) is 5.89 Å². The maximum absolute atomic E-state index is 8.80. The first-order valence-corrected chi connectivity index (χ1v) is 6.63. The van der Waals surface area contributed by atoms with Gasteiger partial charge in [-0.3, -0.25) is 0 Å². The Kier molecular flexibility index (Phi) is 3.28. The van der Waals surface area contributed by atoms with Gasteiger partial charge in [0.05, 0.1) is 0 Å². The van der Waals surface area contributed by atoms with Crippen LogP contribution in [0, 0.1) is 25.2 Å². The third kappa shape index (κ3) is 2.84. The summed E-state index contributed by atoms with van der Waals surface area (Å²) in [6, 6.07) is 11.8. The van der Waals surface area contributed by atoms with Crippen LogP contribution >= 0.6 is 0 Å². The Morgan fingerprint density at radius 1 is 1.19 bits per heavy atom. The predicted octanol–water partition coefficient (Wildman–Crippen LogP) is 3.14. The van der Waals surface area contributed by atoms with E-state index in [1.807, 2.05) is 6.07 Å². The van der Waals surface area contributed by atoms with Gasteiger partial charge in [0.15, 0.2) is 5.82 Å². The number of aromatic nitrogens is 3. The molecular weight excluding hydrogens is 264 g/mol. The van der Waals surface area contributed by atoms with Crippen molar-refractivity contribution < 1.29 is 4.52 Å². The predicted molar refractivity (Wildman–Crippen MR) is 77.5 cm³/mol. The van der Waals surface area contributed by atoms with E-state index in [4.69, 9.17) is 9.78 Å². The van der Waals surface area contributed by atoms with E-state index in [1.165, 1.54) is 11.1 Å². The average Bonchev–Trinajstić information content (AvgIpc) is 3.05. The Bertz CT molecular complexity index is 803. The highest BCUT2D eigenvalue weighted by atomic mass is 16.5. The van der Waals surface area contributed by atoms with Crippen molar-refractivity contribution in [1.82, 2.24) is 15.1 Å². The highest BCUT2D eigenvalue weighted by Crippen LogP contribution is 2.18. The maximum atomic E-state index is 8.80. The van der Waals surface area contributed by atoms with E-state index in [9.17, 15) is 0 Å². The number of benzene rings is 1. The molecule has 2 aromatic heterocycles. The molecule has 0 aliphatic rings. The second kappa shape index (κ2) is 5.25. The normalized spacial score (nSPS) is 10.5. The molecule has 1 aromatic carbocycles. The summed E-state index contributed by atoms with van der Waals surface area (Å²) in [5.41, 5.74) is 4.72. The molecule has 3 aromatic rings. The molecule has 0 radical (unpaired) electrons. The summed E-state index contributed by atoms with van der Waals surface area (Å²) in [6.45, 7) is 4.14. The van der Waals surface area contributed by atoms with Gasteiger partial charge in [0.2, 0.25) is 0 Å². The number of aromatic amines is 1. The fourth-order valence-electron chi connectivity index (χ4n) is 2.37. The molecule has 21 heavy (non-hydrogen) atoms. The lowest BCUT2D eigenvalue weighted by Gasteiger charge is -2.01. The van der Waals surface area contributed by atoms with Crippen molar-refractivity contribution in [3.05, 3.63) is 58.5 Å². The lowest BCUT2D eigenvalue weighted by Crippen LogP contribution is -1.92. The van der Waals surface area contributed by atoms with Crippen molar-refractivity contribution in [2.75, 3.05) is 0 Å². The summed E-state index contributed by atoms with van der Waals surface area (Å²) in [4.78, 5) is 7.28. The average molecular weight is 278 g/mol. The Hall–Kier alpha value is -2.87. The molecule has 2 heterocycles. The molecule has 0 saturated heterocycles. The summed E-state index contributed by atoms with van der Waals surface area (Å²) in [5, 5.41) is 12.8. The second-order valence-corrected chi connectivity index (χ2v) is 5.09. The Morgan fingerprint density at radius 2 is 1.95 bits per heavy atom. The lowest BCUT2D eigenvalue weighted by atomic mass is 10.1. The lowest BCUT2D eigenvalue weighted by molar-refractivity contribution is 0.423. The minimum absolute atomic E-state index is 0.399. The summed E-state index contributed by atoms with van der Waals surface area (Å²) < 4.78 is 5.24. The van der Waals surface area contributed by atoms with Crippen LogP contribution in [0.1, 0.15) is 28.2 Å². The number of rotatable bonds is 3. The molecule has 0 bridgehead atoms. The van der Waals surface area contributed by atoms with E-state index < -0.39 is 0 Å². The summed E-state index contributed by atoms with van der Waals surface area (Å²) in [5.74, 6) is 1.03. The molecular formula is C16H14N4O. The van der Waals surface area contributed by atoms with Crippen LogP contribution in [0.2, 0.25) is 0 Å². The largest absolute Gasteiger partial charge is 0.342 e. The zero-order valence-electron chi connectivity index (χ0n) is 11.8. The molecule has 3 rings (SSSR count). The van der Waals surface area contributed by atoms with Crippen LogP contribution in [0.3, 0.4) is 0 Å². The van der Waals surface area contributed by atoms with Crippen LogP contribution in [-0.4, -0.2) is 15.1 Å². The summed E-state index contributed by atoms with van der Waals surface area (Å²) in [7, 11) is 0. The zero-order valence-corrected chi connectivity index (χ0v) is 11.8. The minimum atomic E-state index is 0.399. The third-order valence-corrected chi connectivity index (χ3v) is 3.15. The molecule has 0 unspecified atom stereocenters. The molecule has 0 aliphatic carbocycles. The van der Waals surface area contributed by atoms with Gasteiger partial charge in [-0.05, 0) is 31.5 Å². The topological polar surface area (TPSA) is 78.5 Å². The van der Waals surface area contributed by atoms with Gasteiger partial charge in [-0.2, -0.15) is 10.2 Å². The fraction of sp³-hybridized carbons (Fsp3) is 0.188. The summed E-state index contributed by atoms with van der Waals surface area (Å²) in [6.07, 6.45) is 0.623. The minimum Gasteiger partial charge on any atom is -0.342 e. The molecule has 5 nitrogen and oxygen atoms in total.